The maximum absolute atomic E-state index is 13.0. The third-order valence-electron chi connectivity index (χ3n) is 4.49. The van der Waals surface area contributed by atoms with Crippen LogP contribution in [0.1, 0.15) is 28.2 Å². The Morgan fingerprint density at radius 1 is 1.38 bits per heavy atom. The molecule has 1 aromatic carbocycles. The molecule has 1 saturated heterocycles. The third-order valence-corrected chi connectivity index (χ3v) is 5.24. The van der Waals surface area contributed by atoms with Gasteiger partial charge in [0.1, 0.15) is 11.5 Å². The van der Waals surface area contributed by atoms with E-state index in [1.807, 2.05) is 11.6 Å². The number of nitrogens with zero attached hydrogens (tertiary/aromatic N) is 3. The summed E-state index contributed by atoms with van der Waals surface area (Å²) < 4.78 is 14.8. The molecule has 1 N–H and O–H groups in total. The molecule has 134 valence electrons. The van der Waals surface area contributed by atoms with Crippen LogP contribution in [0.25, 0.3) is 4.96 Å². The Kier molecular flexibility index (Phi) is 4.20. The van der Waals surface area contributed by atoms with Crippen LogP contribution in [0.2, 0.25) is 0 Å². The van der Waals surface area contributed by atoms with Gasteiger partial charge in [0.25, 0.3) is 5.91 Å². The molecule has 8 heteroatoms. The van der Waals surface area contributed by atoms with Crippen molar-refractivity contribution in [2.45, 2.75) is 25.9 Å². The second-order valence-electron chi connectivity index (χ2n) is 6.38. The van der Waals surface area contributed by atoms with Crippen LogP contribution in [-0.2, 0) is 11.3 Å². The average Bonchev–Trinajstić information content (AvgIpc) is 3.24. The lowest BCUT2D eigenvalue weighted by atomic mass is 10.2. The Labute approximate surface area is 153 Å². The highest BCUT2D eigenvalue weighted by Gasteiger charge is 2.31. The summed E-state index contributed by atoms with van der Waals surface area (Å²) >= 11 is 1.47. The Morgan fingerprint density at radius 3 is 2.92 bits per heavy atom. The van der Waals surface area contributed by atoms with Gasteiger partial charge in [-0.1, -0.05) is 12.1 Å². The van der Waals surface area contributed by atoms with Gasteiger partial charge in [0, 0.05) is 31.1 Å². The van der Waals surface area contributed by atoms with Crippen molar-refractivity contribution in [3.05, 3.63) is 58.6 Å². The number of rotatable bonds is 4. The van der Waals surface area contributed by atoms with Crippen LogP contribution in [0.3, 0.4) is 0 Å². The largest absolute Gasteiger partial charge is 0.346 e. The number of halogens is 1. The van der Waals surface area contributed by atoms with E-state index in [2.05, 4.69) is 10.3 Å². The van der Waals surface area contributed by atoms with E-state index in [4.69, 9.17) is 0 Å². The maximum Gasteiger partial charge on any atom is 0.270 e. The molecule has 1 aliphatic rings. The van der Waals surface area contributed by atoms with Gasteiger partial charge in [-0.25, -0.2) is 9.37 Å². The average molecular weight is 372 g/mol. The summed E-state index contributed by atoms with van der Waals surface area (Å²) in [5.41, 5.74) is 2.03. The van der Waals surface area contributed by atoms with Crippen molar-refractivity contribution < 1.29 is 14.0 Å². The van der Waals surface area contributed by atoms with Crippen molar-refractivity contribution in [2.24, 2.45) is 0 Å². The Bertz CT molecular complexity index is 979. The molecule has 3 aromatic rings. The van der Waals surface area contributed by atoms with Gasteiger partial charge in [0.15, 0.2) is 4.96 Å². The van der Waals surface area contributed by atoms with Gasteiger partial charge in [-0.2, -0.15) is 0 Å². The number of hydrogen-bond acceptors (Lipinski definition) is 4. The van der Waals surface area contributed by atoms with Crippen molar-refractivity contribution in [3.63, 3.8) is 0 Å². The molecular formula is C18H17FN4O2S. The topological polar surface area (TPSA) is 66.7 Å². The van der Waals surface area contributed by atoms with Crippen LogP contribution in [0, 0.1) is 12.7 Å². The number of benzene rings is 1. The quantitative estimate of drug-likeness (QED) is 0.765. The Hall–Kier alpha value is -2.74. The van der Waals surface area contributed by atoms with Crippen LogP contribution in [-0.4, -0.2) is 38.7 Å². The van der Waals surface area contributed by atoms with E-state index in [1.54, 1.807) is 28.4 Å². The van der Waals surface area contributed by atoms with Crippen molar-refractivity contribution >= 4 is 28.1 Å². The fourth-order valence-corrected chi connectivity index (χ4v) is 4.01. The van der Waals surface area contributed by atoms with Crippen molar-refractivity contribution in [3.8, 4) is 0 Å². The van der Waals surface area contributed by atoms with Crippen LogP contribution in [0.4, 0.5) is 4.39 Å². The summed E-state index contributed by atoms with van der Waals surface area (Å²) in [5, 5.41) is 4.82. The molecule has 2 amide bonds. The van der Waals surface area contributed by atoms with E-state index in [0.29, 0.717) is 24.5 Å². The first-order valence-corrected chi connectivity index (χ1v) is 9.14. The molecule has 0 unspecified atom stereocenters. The smallest absolute Gasteiger partial charge is 0.270 e. The number of aryl methyl sites for hydroxylation is 1. The van der Waals surface area contributed by atoms with Crippen molar-refractivity contribution in [1.29, 1.82) is 0 Å². The molecule has 26 heavy (non-hydrogen) atoms. The van der Waals surface area contributed by atoms with Crippen LogP contribution >= 0.6 is 11.3 Å². The van der Waals surface area contributed by atoms with Gasteiger partial charge >= 0.3 is 0 Å². The van der Waals surface area contributed by atoms with E-state index in [-0.39, 0.29) is 30.1 Å². The first-order chi connectivity index (χ1) is 12.5. The summed E-state index contributed by atoms with van der Waals surface area (Å²) in [4.78, 5) is 31.7. The molecule has 3 heterocycles. The Morgan fingerprint density at radius 2 is 2.15 bits per heavy atom. The zero-order valence-electron chi connectivity index (χ0n) is 14.1. The SMILES string of the molecule is Cc1nc2sccn2c1C(=O)N[C@H]1CC(=O)N(Cc2ccc(F)cc2)C1. The van der Waals surface area contributed by atoms with E-state index < -0.39 is 0 Å². The van der Waals surface area contributed by atoms with E-state index in [1.165, 1.54) is 23.5 Å². The normalized spacial score (nSPS) is 17.2. The number of amides is 2. The van der Waals surface area contributed by atoms with Gasteiger partial charge in [0.05, 0.1) is 11.7 Å². The number of imidazole rings is 1. The number of fused-ring (bicyclic) bond motifs is 1. The fourth-order valence-electron chi connectivity index (χ4n) is 3.25. The molecule has 1 aliphatic heterocycles. The lowest BCUT2D eigenvalue weighted by molar-refractivity contribution is -0.128. The summed E-state index contributed by atoms with van der Waals surface area (Å²) in [6, 6.07) is 5.83. The molecule has 0 aliphatic carbocycles. The van der Waals surface area contributed by atoms with Gasteiger partial charge in [-0.15, -0.1) is 11.3 Å². The predicted octanol–water partition coefficient (Wildman–Crippen LogP) is 2.37. The van der Waals surface area contributed by atoms with Crippen molar-refractivity contribution in [1.82, 2.24) is 19.6 Å². The Balaban J connectivity index is 1.44. The number of thiazole rings is 1. The molecule has 1 fully saturated rings. The highest BCUT2D eigenvalue weighted by Crippen LogP contribution is 2.19. The summed E-state index contributed by atoms with van der Waals surface area (Å²) in [6.45, 7) is 2.65. The number of likely N-dealkylation sites (tertiary alicyclic amines) is 1. The zero-order valence-corrected chi connectivity index (χ0v) is 14.9. The molecule has 1 atom stereocenters. The first kappa shape index (κ1) is 16.7. The standard InChI is InChI=1S/C18H17FN4O2S/c1-11-16(23-6-7-26-18(23)20-11)17(25)21-14-8-15(24)22(10-14)9-12-2-4-13(19)5-3-12/h2-7,14H,8-10H2,1H3,(H,21,25)/t14-/m0/s1. The molecular weight excluding hydrogens is 355 g/mol. The van der Waals surface area contributed by atoms with E-state index in [0.717, 1.165) is 10.5 Å². The molecule has 4 rings (SSSR count). The molecule has 0 bridgehead atoms. The first-order valence-electron chi connectivity index (χ1n) is 8.26. The summed E-state index contributed by atoms with van der Waals surface area (Å²) in [6.07, 6.45) is 2.08. The van der Waals surface area contributed by atoms with Gasteiger partial charge < -0.3 is 10.2 Å². The molecule has 0 saturated carbocycles. The fraction of sp³-hybridized carbons (Fsp3) is 0.278. The monoisotopic (exact) mass is 372 g/mol. The lowest BCUT2D eigenvalue weighted by Gasteiger charge is -2.17. The van der Waals surface area contributed by atoms with Gasteiger partial charge in [-0.3, -0.25) is 14.0 Å². The number of nitrogens with one attached hydrogen (secondary N) is 1. The minimum atomic E-state index is -0.303. The number of hydrogen-bond donors (Lipinski definition) is 1. The maximum atomic E-state index is 13.0. The second-order valence-corrected chi connectivity index (χ2v) is 7.25. The summed E-state index contributed by atoms with van der Waals surface area (Å²) in [5.74, 6) is -0.553. The van der Waals surface area contributed by atoms with Crippen molar-refractivity contribution in [2.75, 3.05) is 6.54 Å². The van der Waals surface area contributed by atoms with E-state index in [9.17, 15) is 14.0 Å². The minimum absolute atomic E-state index is 0.0229. The molecule has 0 radical (unpaired) electrons. The van der Waals surface area contributed by atoms with Crippen LogP contribution in [0.15, 0.2) is 35.8 Å². The number of carbonyl (C=O) groups is 2. The van der Waals surface area contributed by atoms with Gasteiger partial charge in [-0.05, 0) is 24.6 Å². The van der Waals surface area contributed by atoms with Crippen LogP contribution < -0.4 is 5.32 Å². The second kappa shape index (κ2) is 6.53. The zero-order chi connectivity index (χ0) is 18.3. The van der Waals surface area contributed by atoms with E-state index >= 15 is 0 Å². The third kappa shape index (κ3) is 3.08. The van der Waals surface area contributed by atoms with Gasteiger partial charge in [0.2, 0.25) is 5.91 Å². The van der Waals surface area contributed by atoms with Crippen LogP contribution in [0.5, 0.6) is 0 Å². The molecule has 0 spiro atoms. The molecule has 2 aromatic heterocycles. The predicted molar refractivity (Wildman–Crippen MR) is 95.5 cm³/mol. The highest BCUT2D eigenvalue weighted by atomic mass is 32.1. The molecule has 6 nitrogen and oxygen atoms in total. The number of carbonyl (C=O) groups excluding carboxylic acids is 2. The highest BCUT2D eigenvalue weighted by molar-refractivity contribution is 7.15. The lowest BCUT2D eigenvalue weighted by Crippen LogP contribution is -2.37. The minimum Gasteiger partial charge on any atom is -0.346 e. The summed E-state index contributed by atoms with van der Waals surface area (Å²) in [7, 11) is 0. The number of aromatic nitrogens is 2.